The molecule has 0 saturated heterocycles. The van der Waals surface area contributed by atoms with Gasteiger partial charge in [-0.15, -0.1) is 0 Å². The normalized spacial score (nSPS) is 10.6. The Bertz CT molecular complexity index is 917. The van der Waals surface area contributed by atoms with Gasteiger partial charge in [0, 0.05) is 5.56 Å². The highest BCUT2D eigenvalue weighted by Gasteiger charge is 2.14. The highest BCUT2D eigenvalue weighted by atomic mass is 32.2. The van der Waals surface area contributed by atoms with Crippen LogP contribution in [-0.4, -0.2) is 20.1 Å². The average Bonchev–Trinajstić information content (AvgIpc) is 3.02. The number of aromatic nitrogens is 4. The van der Waals surface area contributed by atoms with E-state index in [0.717, 1.165) is 0 Å². The summed E-state index contributed by atoms with van der Waals surface area (Å²) in [5.41, 5.74) is 1.76. The van der Waals surface area contributed by atoms with Crippen LogP contribution in [0.5, 0.6) is 0 Å². The zero-order valence-electron chi connectivity index (χ0n) is 12.9. The van der Waals surface area contributed by atoms with Crippen LogP contribution in [-0.2, 0) is 5.75 Å². The van der Waals surface area contributed by atoms with Crippen molar-refractivity contribution in [2.75, 3.05) is 0 Å². The SMILES string of the molecule is Cc1nc(C)c(C#N)c(SCc2nc(-c3ccc(F)cc3)no2)n1. The minimum absolute atomic E-state index is 0.323. The molecular weight excluding hydrogens is 329 g/mol. The fraction of sp³-hybridized carbons (Fsp3) is 0.188. The number of thioether (sulfide) groups is 1. The first kappa shape index (κ1) is 16.1. The molecule has 0 aliphatic carbocycles. The van der Waals surface area contributed by atoms with Crippen molar-refractivity contribution in [2.45, 2.75) is 24.6 Å². The second-order valence-electron chi connectivity index (χ2n) is 4.96. The summed E-state index contributed by atoms with van der Waals surface area (Å²) >= 11 is 1.33. The molecule has 6 nitrogen and oxygen atoms in total. The Kier molecular flexibility index (Phi) is 4.53. The second kappa shape index (κ2) is 6.76. The quantitative estimate of drug-likeness (QED) is 0.530. The van der Waals surface area contributed by atoms with Crippen LogP contribution in [0.25, 0.3) is 11.4 Å². The molecule has 1 aromatic carbocycles. The summed E-state index contributed by atoms with van der Waals surface area (Å²) in [5.74, 6) is 1.44. The van der Waals surface area contributed by atoms with E-state index >= 15 is 0 Å². The molecule has 0 aliphatic heterocycles. The molecule has 0 unspecified atom stereocenters. The Balaban J connectivity index is 1.77. The van der Waals surface area contributed by atoms with Crippen LogP contribution in [0, 0.1) is 31.0 Å². The summed E-state index contributed by atoms with van der Waals surface area (Å²) in [6, 6.07) is 7.96. The van der Waals surface area contributed by atoms with Gasteiger partial charge in [0.2, 0.25) is 11.7 Å². The van der Waals surface area contributed by atoms with E-state index < -0.39 is 0 Å². The molecule has 120 valence electrons. The third kappa shape index (κ3) is 3.41. The number of aryl methyl sites for hydroxylation is 2. The van der Waals surface area contributed by atoms with Gasteiger partial charge in [0.25, 0.3) is 0 Å². The number of rotatable bonds is 4. The Morgan fingerprint density at radius 3 is 2.62 bits per heavy atom. The van der Waals surface area contributed by atoms with Crippen molar-refractivity contribution < 1.29 is 8.91 Å². The van der Waals surface area contributed by atoms with Crippen molar-refractivity contribution in [3.8, 4) is 17.5 Å². The molecule has 2 heterocycles. The van der Waals surface area contributed by atoms with E-state index in [4.69, 9.17) is 4.52 Å². The molecule has 0 atom stereocenters. The van der Waals surface area contributed by atoms with Gasteiger partial charge in [-0.1, -0.05) is 16.9 Å². The zero-order chi connectivity index (χ0) is 17.1. The van der Waals surface area contributed by atoms with E-state index in [9.17, 15) is 9.65 Å². The second-order valence-corrected chi connectivity index (χ2v) is 5.92. The van der Waals surface area contributed by atoms with Gasteiger partial charge in [-0.2, -0.15) is 10.2 Å². The summed E-state index contributed by atoms with van der Waals surface area (Å²) in [6.45, 7) is 3.55. The fourth-order valence-corrected chi connectivity index (χ4v) is 2.99. The Labute approximate surface area is 141 Å². The highest BCUT2D eigenvalue weighted by molar-refractivity contribution is 7.98. The zero-order valence-corrected chi connectivity index (χ0v) is 13.8. The summed E-state index contributed by atoms with van der Waals surface area (Å²) in [5, 5.41) is 13.7. The predicted molar refractivity (Wildman–Crippen MR) is 85.5 cm³/mol. The van der Waals surface area contributed by atoms with Crippen LogP contribution in [0.3, 0.4) is 0 Å². The summed E-state index contributed by atoms with van der Waals surface area (Å²) < 4.78 is 18.1. The van der Waals surface area contributed by atoms with Gasteiger partial charge in [-0.25, -0.2) is 14.4 Å². The number of nitrogens with zero attached hydrogens (tertiary/aromatic N) is 5. The molecular formula is C16H12FN5OS. The predicted octanol–water partition coefficient (Wildman–Crippen LogP) is 3.45. The molecule has 0 amide bonds. The van der Waals surface area contributed by atoms with E-state index in [-0.39, 0.29) is 5.82 Å². The van der Waals surface area contributed by atoms with Crippen LogP contribution in [0.15, 0.2) is 33.8 Å². The standard InChI is InChI=1S/C16H12FN5OS/c1-9-13(7-18)16(20-10(2)19-9)24-8-14-21-15(22-23-14)11-3-5-12(17)6-4-11/h3-6H,8H2,1-2H3. The molecule has 0 N–H and O–H groups in total. The first-order valence-corrected chi connectivity index (χ1v) is 8.02. The van der Waals surface area contributed by atoms with Gasteiger partial charge >= 0.3 is 0 Å². The van der Waals surface area contributed by atoms with Crippen molar-refractivity contribution >= 4 is 11.8 Å². The van der Waals surface area contributed by atoms with Gasteiger partial charge in [0.05, 0.1) is 11.4 Å². The van der Waals surface area contributed by atoms with Crippen LogP contribution < -0.4 is 0 Å². The third-order valence-corrected chi connectivity index (χ3v) is 4.14. The number of hydrogen-bond acceptors (Lipinski definition) is 7. The van der Waals surface area contributed by atoms with Crippen molar-refractivity contribution in [3.63, 3.8) is 0 Å². The maximum absolute atomic E-state index is 12.9. The molecule has 0 radical (unpaired) electrons. The summed E-state index contributed by atoms with van der Waals surface area (Å²) in [7, 11) is 0. The highest BCUT2D eigenvalue weighted by Crippen LogP contribution is 2.26. The Hall–Kier alpha value is -2.79. The maximum Gasteiger partial charge on any atom is 0.237 e. The monoisotopic (exact) mass is 341 g/mol. The van der Waals surface area contributed by atoms with Crippen molar-refractivity contribution in [1.82, 2.24) is 20.1 Å². The van der Waals surface area contributed by atoms with E-state index in [0.29, 0.717) is 45.1 Å². The van der Waals surface area contributed by atoms with Crippen molar-refractivity contribution in [3.05, 3.63) is 53.1 Å². The van der Waals surface area contributed by atoms with Crippen LogP contribution >= 0.6 is 11.8 Å². The van der Waals surface area contributed by atoms with Gasteiger partial charge in [-0.05, 0) is 38.1 Å². The molecule has 0 bridgehead atoms. The van der Waals surface area contributed by atoms with Gasteiger partial charge in [-0.3, -0.25) is 0 Å². The van der Waals surface area contributed by atoms with E-state index in [1.165, 1.54) is 23.9 Å². The van der Waals surface area contributed by atoms with Gasteiger partial charge in [0.1, 0.15) is 28.3 Å². The lowest BCUT2D eigenvalue weighted by atomic mass is 10.2. The van der Waals surface area contributed by atoms with E-state index in [1.54, 1.807) is 26.0 Å². The Morgan fingerprint density at radius 1 is 1.17 bits per heavy atom. The molecule has 24 heavy (non-hydrogen) atoms. The lowest BCUT2D eigenvalue weighted by Crippen LogP contribution is -1.99. The van der Waals surface area contributed by atoms with Crippen LogP contribution in [0.1, 0.15) is 23.0 Å². The lowest BCUT2D eigenvalue weighted by molar-refractivity contribution is 0.391. The molecule has 2 aromatic heterocycles. The van der Waals surface area contributed by atoms with E-state index in [2.05, 4.69) is 26.2 Å². The van der Waals surface area contributed by atoms with E-state index in [1.807, 2.05) is 0 Å². The molecule has 3 rings (SSSR count). The average molecular weight is 341 g/mol. The Morgan fingerprint density at radius 2 is 1.92 bits per heavy atom. The number of halogens is 1. The summed E-state index contributed by atoms with van der Waals surface area (Å²) in [6.07, 6.45) is 0. The molecule has 0 saturated carbocycles. The summed E-state index contributed by atoms with van der Waals surface area (Å²) in [4.78, 5) is 12.8. The molecule has 0 aliphatic rings. The third-order valence-electron chi connectivity index (χ3n) is 3.18. The van der Waals surface area contributed by atoms with Gasteiger partial charge in [0.15, 0.2) is 0 Å². The molecule has 0 spiro atoms. The van der Waals surface area contributed by atoms with Crippen LogP contribution in [0.4, 0.5) is 4.39 Å². The minimum Gasteiger partial charge on any atom is -0.338 e. The topological polar surface area (TPSA) is 88.5 Å². The molecule has 3 aromatic rings. The van der Waals surface area contributed by atoms with Gasteiger partial charge < -0.3 is 4.52 Å². The smallest absolute Gasteiger partial charge is 0.237 e. The number of benzene rings is 1. The van der Waals surface area contributed by atoms with Crippen LogP contribution in [0.2, 0.25) is 0 Å². The lowest BCUT2D eigenvalue weighted by Gasteiger charge is -2.04. The number of hydrogen-bond donors (Lipinski definition) is 0. The molecule has 8 heteroatoms. The maximum atomic E-state index is 12.9. The molecule has 0 fully saturated rings. The number of nitriles is 1. The fourth-order valence-electron chi connectivity index (χ4n) is 2.07. The first-order chi connectivity index (χ1) is 11.6. The minimum atomic E-state index is -0.323. The van der Waals surface area contributed by atoms with Crippen molar-refractivity contribution in [1.29, 1.82) is 5.26 Å². The van der Waals surface area contributed by atoms with Crippen molar-refractivity contribution in [2.24, 2.45) is 0 Å². The first-order valence-electron chi connectivity index (χ1n) is 7.03. The largest absolute Gasteiger partial charge is 0.338 e.